The van der Waals surface area contributed by atoms with Gasteiger partial charge in [-0.15, -0.1) is 0 Å². The van der Waals surface area contributed by atoms with Crippen molar-refractivity contribution in [1.29, 1.82) is 0 Å². The summed E-state index contributed by atoms with van der Waals surface area (Å²) in [5.41, 5.74) is -0.699. The molecule has 2 N–H and O–H groups in total. The summed E-state index contributed by atoms with van der Waals surface area (Å²) in [5, 5.41) is 13.0. The molecule has 1 aliphatic carbocycles. The first-order valence-corrected chi connectivity index (χ1v) is 7.45. The minimum absolute atomic E-state index is 0.0220. The number of furan rings is 1. The quantitative estimate of drug-likeness (QED) is 0.865. The molecule has 1 amide bonds. The van der Waals surface area contributed by atoms with Crippen LogP contribution in [0.15, 0.2) is 22.8 Å². The van der Waals surface area contributed by atoms with E-state index in [1.54, 1.807) is 18.0 Å². The zero-order valence-corrected chi connectivity index (χ0v) is 10.9. The highest BCUT2D eigenvalue weighted by Gasteiger charge is 2.46. The molecule has 2 aliphatic rings. The van der Waals surface area contributed by atoms with Crippen molar-refractivity contribution in [1.82, 2.24) is 5.32 Å². The van der Waals surface area contributed by atoms with Crippen LogP contribution in [0, 0.1) is 5.92 Å². The van der Waals surface area contributed by atoms with E-state index in [0.29, 0.717) is 6.54 Å². The molecule has 0 bridgehead atoms. The Morgan fingerprint density at radius 1 is 1.67 bits per heavy atom. The normalized spacial score (nSPS) is 34.5. The van der Waals surface area contributed by atoms with Gasteiger partial charge in [-0.2, -0.15) is 11.8 Å². The van der Waals surface area contributed by atoms with Gasteiger partial charge in [-0.25, -0.2) is 0 Å². The fourth-order valence-corrected chi connectivity index (χ4v) is 3.72. The van der Waals surface area contributed by atoms with Gasteiger partial charge in [-0.1, -0.05) is 0 Å². The number of hydrogen-bond donors (Lipinski definition) is 2. The smallest absolute Gasteiger partial charge is 0.223 e. The SMILES string of the molecule is O=C(NC[C@]1(O)CCSC1)[C@@H]1C[C@H]1c1ccco1. The first kappa shape index (κ1) is 12.1. The fourth-order valence-electron chi connectivity index (χ4n) is 2.42. The maximum Gasteiger partial charge on any atom is 0.223 e. The van der Waals surface area contributed by atoms with Crippen LogP contribution in [0.1, 0.15) is 24.5 Å². The predicted octanol–water partition coefficient (Wildman–Crippen LogP) is 1.37. The molecule has 4 nitrogen and oxygen atoms in total. The largest absolute Gasteiger partial charge is 0.469 e. The van der Waals surface area contributed by atoms with Crippen molar-refractivity contribution < 1.29 is 14.3 Å². The second-order valence-corrected chi connectivity index (χ2v) is 6.31. The van der Waals surface area contributed by atoms with Crippen LogP contribution in [0.4, 0.5) is 0 Å². The van der Waals surface area contributed by atoms with E-state index in [1.165, 1.54) is 0 Å². The molecule has 1 saturated carbocycles. The molecule has 3 rings (SSSR count). The van der Waals surface area contributed by atoms with Gasteiger partial charge in [0.05, 0.1) is 11.9 Å². The third-order valence-electron chi connectivity index (χ3n) is 3.71. The Bertz CT molecular complexity index is 425. The Balaban J connectivity index is 1.49. The summed E-state index contributed by atoms with van der Waals surface area (Å²) in [6, 6.07) is 3.76. The van der Waals surface area contributed by atoms with Gasteiger partial charge in [0.2, 0.25) is 5.91 Å². The number of carbonyl (C=O) groups is 1. The van der Waals surface area contributed by atoms with Crippen LogP contribution in [-0.2, 0) is 4.79 Å². The average molecular weight is 267 g/mol. The highest BCUT2D eigenvalue weighted by Crippen LogP contribution is 2.47. The lowest BCUT2D eigenvalue weighted by atomic mass is 10.0. The molecule has 98 valence electrons. The van der Waals surface area contributed by atoms with Crippen molar-refractivity contribution in [3.63, 3.8) is 0 Å². The summed E-state index contributed by atoms with van der Waals surface area (Å²) in [4.78, 5) is 11.9. The standard InChI is InChI=1S/C13H17NO3S/c15-12(14-7-13(16)3-5-18-8-13)10-6-9(10)11-2-1-4-17-11/h1-2,4,9-10,16H,3,5-8H2,(H,14,15)/t9-,10-,13-/m1/s1. The number of amides is 1. The summed E-state index contributed by atoms with van der Waals surface area (Å²) in [6.07, 6.45) is 3.26. The second-order valence-electron chi connectivity index (χ2n) is 5.21. The van der Waals surface area contributed by atoms with Gasteiger partial charge in [0.15, 0.2) is 0 Å². The molecule has 2 fully saturated rings. The van der Waals surface area contributed by atoms with E-state index in [-0.39, 0.29) is 17.7 Å². The van der Waals surface area contributed by atoms with Crippen LogP contribution in [-0.4, -0.2) is 34.7 Å². The van der Waals surface area contributed by atoms with E-state index >= 15 is 0 Å². The third kappa shape index (κ3) is 2.42. The molecular formula is C13H17NO3S. The van der Waals surface area contributed by atoms with Gasteiger partial charge in [-0.05, 0) is 30.7 Å². The zero-order valence-electron chi connectivity index (χ0n) is 10.1. The lowest BCUT2D eigenvalue weighted by Gasteiger charge is -2.21. The Hall–Kier alpha value is -0.940. The monoisotopic (exact) mass is 267 g/mol. The minimum Gasteiger partial charge on any atom is -0.469 e. The van der Waals surface area contributed by atoms with E-state index in [9.17, 15) is 9.90 Å². The average Bonchev–Trinajstić information content (AvgIpc) is 2.78. The molecular weight excluding hydrogens is 250 g/mol. The van der Waals surface area contributed by atoms with Crippen molar-refractivity contribution >= 4 is 17.7 Å². The summed E-state index contributed by atoms with van der Waals surface area (Å²) < 4.78 is 5.30. The summed E-state index contributed by atoms with van der Waals surface area (Å²) in [5.74, 6) is 2.89. The van der Waals surface area contributed by atoms with Gasteiger partial charge < -0.3 is 14.8 Å². The van der Waals surface area contributed by atoms with Gasteiger partial charge >= 0.3 is 0 Å². The molecule has 3 atom stereocenters. The lowest BCUT2D eigenvalue weighted by Crippen LogP contribution is -2.43. The number of aliphatic hydroxyl groups is 1. The topological polar surface area (TPSA) is 62.5 Å². The van der Waals surface area contributed by atoms with Crippen LogP contribution in [0.2, 0.25) is 0 Å². The van der Waals surface area contributed by atoms with E-state index in [2.05, 4.69) is 5.32 Å². The molecule has 1 aromatic heterocycles. The predicted molar refractivity (Wildman–Crippen MR) is 69.5 cm³/mol. The van der Waals surface area contributed by atoms with Crippen LogP contribution in [0.25, 0.3) is 0 Å². The number of hydrogen-bond acceptors (Lipinski definition) is 4. The number of thioether (sulfide) groups is 1. The maximum atomic E-state index is 11.9. The molecule has 0 radical (unpaired) electrons. The van der Waals surface area contributed by atoms with Crippen molar-refractivity contribution in [3.05, 3.63) is 24.2 Å². The van der Waals surface area contributed by atoms with Gasteiger partial charge in [-0.3, -0.25) is 4.79 Å². The zero-order chi connectivity index (χ0) is 12.6. The highest BCUT2D eigenvalue weighted by molar-refractivity contribution is 7.99. The van der Waals surface area contributed by atoms with Crippen molar-refractivity contribution in [2.24, 2.45) is 5.92 Å². The first-order valence-electron chi connectivity index (χ1n) is 6.29. The molecule has 1 saturated heterocycles. The van der Waals surface area contributed by atoms with E-state index in [4.69, 9.17) is 4.42 Å². The number of nitrogens with one attached hydrogen (secondary N) is 1. The summed E-state index contributed by atoms with van der Waals surface area (Å²) in [6.45, 7) is 0.375. The Labute approximate surface area is 110 Å². The number of carbonyl (C=O) groups excluding carboxylic acids is 1. The minimum atomic E-state index is -0.699. The molecule has 1 aliphatic heterocycles. The maximum absolute atomic E-state index is 11.9. The van der Waals surface area contributed by atoms with Gasteiger partial charge in [0, 0.05) is 24.1 Å². The molecule has 0 aromatic carbocycles. The molecule has 5 heteroatoms. The number of rotatable bonds is 4. The van der Waals surface area contributed by atoms with Crippen LogP contribution in [0.5, 0.6) is 0 Å². The van der Waals surface area contributed by atoms with Gasteiger partial charge in [0.1, 0.15) is 5.76 Å². The second kappa shape index (κ2) is 4.63. The van der Waals surface area contributed by atoms with E-state index in [0.717, 1.165) is 30.1 Å². The molecule has 18 heavy (non-hydrogen) atoms. The highest BCUT2D eigenvalue weighted by atomic mass is 32.2. The Morgan fingerprint density at radius 2 is 2.56 bits per heavy atom. The van der Waals surface area contributed by atoms with Crippen LogP contribution in [0.3, 0.4) is 0 Å². The summed E-state index contributed by atoms with van der Waals surface area (Å²) >= 11 is 1.74. The molecule has 1 aromatic rings. The third-order valence-corrected chi connectivity index (χ3v) is 4.94. The van der Waals surface area contributed by atoms with Crippen molar-refractivity contribution in [3.8, 4) is 0 Å². The fraction of sp³-hybridized carbons (Fsp3) is 0.615. The summed E-state index contributed by atoms with van der Waals surface area (Å²) in [7, 11) is 0. The first-order chi connectivity index (χ1) is 8.68. The van der Waals surface area contributed by atoms with E-state index in [1.807, 2.05) is 12.1 Å². The Kier molecular flexibility index (Phi) is 3.11. The van der Waals surface area contributed by atoms with Crippen LogP contribution < -0.4 is 5.32 Å². The van der Waals surface area contributed by atoms with Crippen molar-refractivity contribution in [2.45, 2.75) is 24.4 Å². The van der Waals surface area contributed by atoms with Gasteiger partial charge in [0.25, 0.3) is 0 Å². The molecule has 2 heterocycles. The van der Waals surface area contributed by atoms with Crippen LogP contribution >= 0.6 is 11.8 Å². The van der Waals surface area contributed by atoms with Crippen molar-refractivity contribution in [2.75, 3.05) is 18.1 Å². The molecule has 0 unspecified atom stereocenters. The molecule has 0 spiro atoms. The lowest BCUT2D eigenvalue weighted by molar-refractivity contribution is -0.123. The van der Waals surface area contributed by atoms with E-state index < -0.39 is 5.60 Å². The Morgan fingerprint density at radius 3 is 3.22 bits per heavy atom.